The lowest BCUT2D eigenvalue weighted by atomic mass is 10.2. The minimum atomic E-state index is -3.91. The van der Waals surface area contributed by atoms with Crippen LogP contribution < -0.4 is 4.80 Å². The number of sulfonamides is 1. The van der Waals surface area contributed by atoms with E-state index in [1.165, 1.54) is 35.6 Å². The Bertz CT molecular complexity index is 1390. The van der Waals surface area contributed by atoms with Gasteiger partial charge in [0.15, 0.2) is 4.80 Å². The zero-order chi connectivity index (χ0) is 24.6. The fourth-order valence-electron chi connectivity index (χ4n) is 3.28. The number of nitrogens with zero attached hydrogens (tertiary/aromatic N) is 5. The van der Waals surface area contributed by atoms with E-state index in [1.54, 1.807) is 7.11 Å². The van der Waals surface area contributed by atoms with Gasteiger partial charge in [0.25, 0.3) is 5.91 Å². The summed E-state index contributed by atoms with van der Waals surface area (Å²) in [5.74, 6) is -0.493. The van der Waals surface area contributed by atoms with Gasteiger partial charge in [-0.25, -0.2) is 8.42 Å². The smallest absolute Gasteiger partial charge is 0.279 e. The lowest BCUT2D eigenvalue weighted by Crippen LogP contribution is -2.32. The Labute approximate surface area is 201 Å². The molecule has 0 aliphatic rings. The highest BCUT2D eigenvalue weighted by Gasteiger charge is 2.24. The molecule has 34 heavy (non-hydrogen) atoms. The second-order valence-electron chi connectivity index (χ2n) is 7.16. The Morgan fingerprint density at radius 1 is 1.09 bits per heavy atom. The first kappa shape index (κ1) is 25.3. The number of ether oxygens (including phenoxy) is 1. The highest BCUT2D eigenvalue weighted by molar-refractivity contribution is 7.89. The second-order valence-corrected chi connectivity index (χ2v) is 10.1. The molecule has 0 aliphatic carbocycles. The van der Waals surface area contributed by atoms with Crippen LogP contribution in [0.5, 0.6) is 0 Å². The van der Waals surface area contributed by atoms with Crippen LogP contribution in [0.4, 0.5) is 0 Å². The summed E-state index contributed by atoms with van der Waals surface area (Å²) >= 11 is 1.39. The molecule has 0 saturated heterocycles. The van der Waals surface area contributed by atoms with Crippen molar-refractivity contribution >= 4 is 37.5 Å². The van der Waals surface area contributed by atoms with E-state index in [0.29, 0.717) is 18.0 Å². The number of hydrogen-bond acceptors (Lipinski definition) is 7. The average molecular weight is 498 g/mol. The van der Waals surface area contributed by atoms with E-state index in [2.05, 4.69) is 4.99 Å². The number of para-hydroxylation sites is 1. The van der Waals surface area contributed by atoms with Gasteiger partial charge in [-0.15, -0.1) is 0 Å². The summed E-state index contributed by atoms with van der Waals surface area (Å²) in [7, 11) is -2.30. The molecule has 11 heteroatoms. The van der Waals surface area contributed by atoms with Crippen LogP contribution in [0.25, 0.3) is 10.2 Å². The van der Waals surface area contributed by atoms with Gasteiger partial charge in [-0.05, 0) is 36.4 Å². The lowest BCUT2D eigenvalue weighted by molar-refractivity contribution is 0.0997. The van der Waals surface area contributed by atoms with Gasteiger partial charge in [0.05, 0.1) is 33.9 Å². The van der Waals surface area contributed by atoms with E-state index in [9.17, 15) is 13.2 Å². The molecule has 176 valence electrons. The summed E-state index contributed by atoms with van der Waals surface area (Å²) in [6.07, 6.45) is 0.0245. The normalized spacial score (nSPS) is 12.1. The van der Waals surface area contributed by atoms with E-state index in [1.807, 2.05) is 41.0 Å². The van der Waals surface area contributed by atoms with Crippen LogP contribution in [0.2, 0.25) is 0 Å². The van der Waals surface area contributed by atoms with Crippen LogP contribution in [0.15, 0.2) is 58.4 Å². The van der Waals surface area contributed by atoms with E-state index < -0.39 is 15.9 Å². The van der Waals surface area contributed by atoms with Crippen LogP contribution in [0.3, 0.4) is 0 Å². The van der Waals surface area contributed by atoms with Crippen molar-refractivity contribution in [3.8, 4) is 12.1 Å². The Kier molecular flexibility index (Phi) is 8.68. The molecule has 1 heterocycles. The third-order valence-electron chi connectivity index (χ3n) is 4.99. The number of carbonyl (C=O) groups excluding carboxylic acids is 1. The molecule has 1 aromatic heterocycles. The first-order chi connectivity index (χ1) is 16.4. The first-order valence-corrected chi connectivity index (χ1v) is 12.7. The Morgan fingerprint density at radius 2 is 1.74 bits per heavy atom. The summed E-state index contributed by atoms with van der Waals surface area (Å²) in [6.45, 7) is 0.974. The van der Waals surface area contributed by atoms with Crippen molar-refractivity contribution < 1.29 is 17.9 Å². The van der Waals surface area contributed by atoms with Crippen molar-refractivity contribution in [1.82, 2.24) is 8.87 Å². The van der Waals surface area contributed by atoms with Gasteiger partial charge in [0.2, 0.25) is 10.0 Å². The highest BCUT2D eigenvalue weighted by atomic mass is 32.2. The SMILES string of the molecule is COCCn1c(=NC(=O)c2ccc(S(=O)(=O)N(CCC#N)CCC#N)cc2)sc2ccccc21. The van der Waals surface area contributed by atoms with E-state index >= 15 is 0 Å². The molecule has 0 unspecified atom stereocenters. The third-order valence-corrected chi connectivity index (χ3v) is 7.96. The largest absolute Gasteiger partial charge is 0.383 e. The van der Waals surface area contributed by atoms with Crippen molar-refractivity contribution in [3.63, 3.8) is 0 Å². The number of aromatic nitrogens is 1. The van der Waals surface area contributed by atoms with Gasteiger partial charge in [0, 0.05) is 45.1 Å². The lowest BCUT2D eigenvalue weighted by Gasteiger charge is -2.20. The molecule has 3 aromatic rings. The van der Waals surface area contributed by atoms with Crippen molar-refractivity contribution in [2.75, 3.05) is 26.8 Å². The Balaban J connectivity index is 1.90. The van der Waals surface area contributed by atoms with Crippen LogP contribution in [-0.4, -0.2) is 50.0 Å². The first-order valence-electron chi connectivity index (χ1n) is 10.4. The van der Waals surface area contributed by atoms with Crippen molar-refractivity contribution in [1.29, 1.82) is 10.5 Å². The predicted molar refractivity (Wildman–Crippen MR) is 127 cm³/mol. The molecular weight excluding hydrogens is 474 g/mol. The highest BCUT2D eigenvalue weighted by Crippen LogP contribution is 2.19. The molecule has 9 nitrogen and oxygen atoms in total. The standard InChI is InChI=1S/C23H23N5O4S2/c1-32-17-16-28-20-6-2-3-7-21(20)33-23(28)26-22(29)18-8-10-19(11-9-18)34(30,31)27(14-4-12-24)15-5-13-25/h2-3,6-11H,4-5,14-17H2,1H3. The zero-order valence-corrected chi connectivity index (χ0v) is 20.2. The third kappa shape index (κ3) is 5.76. The van der Waals surface area contributed by atoms with E-state index in [4.69, 9.17) is 15.3 Å². The number of amides is 1. The number of hydrogen-bond donors (Lipinski definition) is 0. The van der Waals surface area contributed by atoms with Gasteiger partial charge in [-0.1, -0.05) is 23.5 Å². The van der Waals surface area contributed by atoms with E-state index in [-0.39, 0.29) is 36.4 Å². The minimum Gasteiger partial charge on any atom is -0.383 e. The minimum absolute atomic E-state index is 0.00998. The second kappa shape index (κ2) is 11.7. The molecule has 0 N–H and O–H groups in total. The topological polar surface area (TPSA) is 129 Å². The number of rotatable bonds is 10. The van der Waals surface area contributed by atoms with Gasteiger partial charge in [0.1, 0.15) is 0 Å². The predicted octanol–water partition coefficient (Wildman–Crippen LogP) is 2.91. The van der Waals surface area contributed by atoms with Crippen LogP contribution in [0.1, 0.15) is 23.2 Å². The van der Waals surface area contributed by atoms with Crippen molar-refractivity contribution in [3.05, 3.63) is 58.9 Å². The average Bonchev–Trinajstić information content (AvgIpc) is 3.19. The Hall–Kier alpha value is -3.35. The maximum Gasteiger partial charge on any atom is 0.279 e. The molecule has 0 atom stereocenters. The summed E-state index contributed by atoms with van der Waals surface area (Å²) in [5.41, 5.74) is 1.20. The fraction of sp³-hybridized carbons (Fsp3) is 0.304. The number of fused-ring (bicyclic) bond motifs is 1. The number of methoxy groups -OCH3 is 1. The number of carbonyl (C=O) groups is 1. The quantitative estimate of drug-likeness (QED) is 0.424. The number of benzene rings is 2. The molecule has 1 amide bonds. The molecule has 3 rings (SSSR count). The number of nitriles is 2. The van der Waals surface area contributed by atoms with Crippen LogP contribution in [0, 0.1) is 22.7 Å². The maximum absolute atomic E-state index is 12.9. The molecule has 0 spiro atoms. The van der Waals surface area contributed by atoms with Crippen LogP contribution >= 0.6 is 11.3 Å². The molecule has 0 saturated carbocycles. The van der Waals surface area contributed by atoms with Gasteiger partial charge < -0.3 is 9.30 Å². The summed E-state index contributed by atoms with van der Waals surface area (Å²) in [6, 6.07) is 17.1. The van der Waals surface area contributed by atoms with Gasteiger partial charge >= 0.3 is 0 Å². The van der Waals surface area contributed by atoms with Crippen molar-refractivity contribution in [2.45, 2.75) is 24.3 Å². The summed E-state index contributed by atoms with van der Waals surface area (Å²) < 4.78 is 35.1. The maximum atomic E-state index is 12.9. The molecule has 0 bridgehead atoms. The van der Waals surface area contributed by atoms with Crippen LogP contribution in [-0.2, 0) is 21.3 Å². The van der Waals surface area contributed by atoms with Gasteiger partial charge in [-0.2, -0.15) is 19.8 Å². The molecular formula is C23H23N5O4S2. The van der Waals surface area contributed by atoms with Crippen molar-refractivity contribution in [2.24, 2.45) is 4.99 Å². The molecule has 0 fully saturated rings. The zero-order valence-electron chi connectivity index (χ0n) is 18.5. The van der Waals surface area contributed by atoms with E-state index in [0.717, 1.165) is 14.5 Å². The monoisotopic (exact) mass is 497 g/mol. The Morgan fingerprint density at radius 3 is 2.35 bits per heavy atom. The molecule has 0 radical (unpaired) electrons. The van der Waals surface area contributed by atoms with Gasteiger partial charge in [-0.3, -0.25) is 4.79 Å². The summed E-state index contributed by atoms with van der Waals surface area (Å²) in [4.78, 5) is 17.7. The number of thiazole rings is 1. The summed E-state index contributed by atoms with van der Waals surface area (Å²) in [5, 5.41) is 17.6. The molecule has 2 aromatic carbocycles. The fourth-order valence-corrected chi connectivity index (χ4v) is 5.77. The molecule has 0 aliphatic heterocycles.